The van der Waals surface area contributed by atoms with Crippen LogP contribution in [0.2, 0.25) is 5.02 Å². The Labute approximate surface area is 173 Å². The van der Waals surface area contributed by atoms with Crippen molar-refractivity contribution in [3.63, 3.8) is 0 Å². The standard InChI is InChI=1S/C20H32ClN5O2/c1-4-28-12-6-10-22-20(23-14-19(27)25(2)3)24-17-9-11-26(15-17)18-8-5-7-16(21)13-18/h5,7-8,13,17H,4,6,9-12,14-15H2,1-3H3,(H2,22,23,24). The van der Waals surface area contributed by atoms with Crippen molar-refractivity contribution in [2.24, 2.45) is 4.99 Å². The van der Waals surface area contributed by atoms with Gasteiger partial charge in [-0.15, -0.1) is 0 Å². The van der Waals surface area contributed by atoms with Crippen LogP contribution in [0, 0.1) is 0 Å². The lowest BCUT2D eigenvalue weighted by Gasteiger charge is -2.21. The predicted octanol–water partition coefficient (Wildman–Crippen LogP) is 1.97. The molecule has 7 nitrogen and oxygen atoms in total. The van der Waals surface area contributed by atoms with Gasteiger partial charge in [0.15, 0.2) is 5.96 Å². The SMILES string of the molecule is CCOCCCNC(=NCC(=O)N(C)C)NC1CCN(c2cccc(Cl)c2)C1. The van der Waals surface area contributed by atoms with Crippen molar-refractivity contribution in [3.05, 3.63) is 29.3 Å². The zero-order chi connectivity index (χ0) is 20.4. The first-order valence-electron chi connectivity index (χ1n) is 9.83. The van der Waals surface area contributed by atoms with Crippen molar-refractivity contribution in [1.82, 2.24) is 15.5 Å². The van der Waals surface area contributed by atoms with E-state index in [1.165, 1.54) is 0 Å². The van der Waals surface area contributed by atoms with Crippen LogP contribution in [-0.4, -0.2) is 76.3 Å². The van der Waals surface area contributed by atoms with Crippen LogP contribution in [-0.2, 0) is 9.53 Å². The van der Waals surface area contributed by atoms with Crippen molar-refractivity contribution in [3.8, 4) is 0 Å². The van der Waals surface area contributed by atoms with Gasteiger partial charge in [0.2, 0.25) is 5.91 Å². The Kier molecular flexibility index (Phi) is 9.37. The largest absolute Gasteiger partial charge is 0.382 e. The first kappa shape index (κ1) is 22.3. The summed E-state index contributed by atoms with van der Waals surface area (Å²) in [6.45, 7) is 6.09. The molecule has 2 N–H and O–H groups in total. The second-order valence-electron chi connectivity index (χ2n) is 6.99. The third kappa shape index (κ3) is 7.56. The molecule has 1 atom stereocenters. The van der Waals surface area contributed by atoms with Gasteiger partial charge in [-0.2, -0.15) is 0 Å². The van der Waals surface area contributed by atoms with Gasteiger partial charge in [0.05, 0.1) is 0 Å². The van der Waals surface area contributed by atoms with Gasteiger partial charge in [0, 0.05) is 63.7 Å². The number of guanidine groups is 1. The van der Waals surface area contributed by atoms with E-state index < -0.39 is 0 Å². The molecule has 1 unspecified atom stereocenters. The van der Waals surface area contributed by atoms with Gasteiger partial charge < -0.3 is 25.2 Å². The average molecular weight is 410 g/mol. The third-order valence-corrected chi connectivity index (χ3v) is 4.77. The monoisotopic (exact) mass is 409 g/mol. The zero-order valence-corrected chi connectivity index (χ0v) is 17.8. The topological polar surface area (TPSA) is 69.2 Å². The molecular weight excluding hydrogens is 378 g/mol. The quantitative estimate of drug-likeness (QED) is 0.371. The molecule has 8 heteroatoms. The Bertz CT molecular complexity index is 653. The molecule has 0 aromatic heterocycles. The number of likely N-dealkylation sites (N-methyl/N-ethyl adjacent to an activating group) is 1. The summed E-state index contributed by atoms with van der Waals surface area (Å²) in [5, 5.41) is 7.52. The summed E-state index contributed by atoms with van der Waals surface area (Å²) in [5.41, 5.74) is 1.13. The summed E-state index contributed by atoms with van der Waals surface area (Å²) >= 11 is 6.12. The summed E-state index contributed by atoms with van der Waals surface area (Å²) in [4.78, 5) is 20.2. The highest BCUT2D eigenvalue weighted by Crippen LogP contribution is 2.23. The highest BCUT2D eigenvalue weighted by atomic mass is 35.5. The Balaban J connectivity index is 1.91. The van der Waals surface area contributed by atoms with E-state index >= 15 is 0 Å². The normalized spacial score (nSPS) is 16.9. The van der Waals surface area contributed by atoms with Crippen molar-refractivity contribution in [2.45, 2.75) is 25.8 Å². The lowest BCUT2D eigenvalue weighted by Crippen LogP contribution is -2.45. The van der Waals surface area contributed by atoms with Crippen LogP contribution in [0.25, 0.3) is 0 Å². The lowest BCUT2D eigenvalue weighted by molar-refractivity contribution is -0.127. The van der Waals surface area contributed by atoms with Crippen LogP contribution in [0.15, 0.2) is 29.3 Å². The molecule has 0 radical (unpaired) electrons. The molecule has 1 saturated heterocycles. The molecule has 28 heavy (non-hydrogen) atoms. The van der Waals surface area contributed by atoms with Crippen LogP contribution in [0.5, 0.6) is 0 Å². The summed E-state index contributed by atoms with van der Waals surface area (Å²) in [6.07, 6.45) is 1.88. The molecule has 1 aliphatic rings. The maximum atomic E-state index is 11.9. The van der Waals surface area contributed by atoms with Gasteiger partial charge in [0.1, 0.15) is 6.54 Å². The van der Waals surface area contributed by atoms with Crippen molar-refractivity contribution in [2.75, 3.05) is 58.4 Å². The van der Waals surface area contributed by atoms with Gasteiger partial charge in [-0.3, -0.25) is 4.79 Å². The lowest BCUT2D eigenvalue weighted by atomic mass is 10.2. The number of rotatable bonds is 9. The molecule has 0 bridgehead atoms. The third-order valence-electron chi connectivity index (χ3n) is 4.54. The first-order valence-corrected chi connectivity index (χ1v) is 10.2. The fraction of sp³-hybridized carbons (Fsp3) is 0.600. The van der Waals surface area contributed by atoms with Crippen LogP contribution >= 0.6 is 11.6 Å². The number of nitrogens with zero attached hydrogens (tertiary/aromatic N) is 3. The predicted molar refractivity (Wildman–Crippen MR) is 115 cm³/mol. The molecule has 1 fully saturated rings. The Hall–Kier alpha value is -1.99. The minimum Gasteiger partial charge on any atom is -0.382 e. The van der Waals surface area contributed by atoms with E-state index in [1.807, 2.05) is 25.1 Å². The molecule has 0 saturated carbocycles. The average Bonchev–Trinajstić information content (AvgIpc) is 3.14. The second-order valence-corrected chi connectivity index (χ2v) is 7.42. The molecule has 1 aromatic carbocycles. The first-order chi connectivity index (χ1) is 13.5. The van der Waals surface area contributed by atoms with Gasteiger partial charge in [-0.05, 0) is 38.0 Å². The van der Waals surface area contributed by atoms with Crippen LogP contribution in [0.3, 0.4) is 0 Å². The minimum absolute atomic E-state index is 0.0256. The van der Waals surface area contributed by atoms with Gasteiger partial charge in [0.25, 0.3) is 0 Å². The fourth-order valence-electron chi connectivity index (χ4n) is 2.94. The highest BCUT2D eigenvalue weighted by molar-refractivity contribution is 6.30. The number of benzene rings is 1. The molecule has 0 spiro atoms. The van der Waals surface area contributed by atoms with E-state index in [-0.39, 0.29) is 18.5 Å². The maximum absolute atomic E-state index is 11.9. The summed E-state index contributed by atoms with van der Waals surface area (Å²) in [5.74, 6) is 0.645. The maximum Gasteiger partial charge on any atom is 0.243 e. The molecule has 0 aliphatic carbocycles. The van der Waals surface area contributed by atoms with Crippen LogP contribution in [0.4, 0.5) is 5.69 Å². The molecule has 1 aliphatic heterocycles. The number of amides is 1. The van der Waals surface area contributed by atoms with Gasteiger partial charge in [-0.25, -0.2) is 4.99 Å². The number of nitrogens with one attached hydrogen (secondary N) is 2. The van der Waals surface area contributed by atoms with Gasteiger partial charge >= 0.3 is 0 Å². The summed E-state index contributed by atoms with van der Waals surface area (Å²) in [7, 11) is 3.47. The van der Waals surface area contributed by atoms with E-state index in [1.54, 1.807) is 19.0 Å². The molecule has 156 valence electrons. The number of carbonyl (C=O) groups excluding carboxylic acids is 1. The van der Waals surface area contributed by atoms with Crippen molar-refractivity contribution >= 4 is 29.2 Å². The zero-order valence-electron chi connectivity index (χ0n) is 17.1. The number of hydrogen-bond acceptors (Lipinski definition) is 4. The second kappa shape index (κ2) is 11.8. The Morgan fingerprint density at radius 2 is 2.25 bits per heavy atom. The summed E-state index contributed by atoms with van der Waals surface area (Å²) in [6, 6.07) is 8.17. The minimum atomic E-state index is -0.0256. The molecular formula is C20H32ClN5O2. The van der Waals surface area contributed by atoms with E-state index in [2.05, 4.69) is 26.6 Å². The number of halogens is 1. The number of hydrogen-bond donors (Lipinski definition) is 2. The number of carbonyl (C=O) groups is 1. The van der Waals surface area contributed by atoms with Crippen LogP contribution < -0.4 is 15.5 Å². The van der Waals surface area contributed by atoms with Crippen LogP contribution in [0.1, 0.15) is 19.8 Å². The molecule has 1 amide bonds. The van der Waals surface area contributed by atoms with Crippen molar-refractivity contribution < 1.29 is 9.53 Å². The number of ether oxygens (including phenoxy) is 1. The van der Waals surface area contributed by atoms with E-state index in [0.717, 1.165) is 49.8 Å². The fourth-order valence-corrected chi connectivity index (χ4v) is 3.13. The van der Waals surface area contributed by atoms with Gasteiger partial charge in [-0.1, -0.05) is 17.7 Å². The molecule has 1 heterocycles. The number of anilines is 1. The highest BCUT2D eigenvalue weighted by Gasteiger charge is 2.23. The Morgan fingerprint density at radius 1 is 1.43 bits per heavy atom. The van der Waals surface area contributed by atoms with E-state index in [9.17, 15) is 4.79 Å². The van der Waals surface area contributed by atoms with E-state index in [4.69, 9.17) is 16.3 Å². The Morgan fingerprint density at radius 3 is 2.96 bits per heavy atom. The number of aliphatic imine (C=N–C) groups is 1. The smallest absolute Gasteiger partial charge is 0.243 e. The summed E-state index contributed by atoms with van der Waals surface area (Å²) < 4.78 is 5.37. The molecule has 2 rings (SSSR count). The van der Waals surface area contributed by atoms with Crippen molar-refractivity contribution in [1.29, 1.82) is 0 Å². The molecule has 1 aromatic rings. The van der Waals surface area contributed by atoms with E-state index in [0.29, 0.717) is 12.6 Å².